The predicted molar refractivity (Wildman–Crippen MR) is 244 cm³/mol. The molecule has 4 aliphatic carbocycles. The van der Waals surface area contributed by atoms with Crippen molar-refractivity contribution in [2.75, 3.05) is 6.61 Å². The third kappa shape index (κ3) is 12.4. The minimum absolute atomic E-state index is 0.151. The lowest BCUT2D eigenvalue weighted by molar-refractivity contribution is -0.313. The first kappa shape index (κ1) is 49.0. The number of unbranched alkanes of at least 4 members (excludes halogenated alkanes) is 5. The number of aliphatic hydroxyl groups is 3. The molecule has 5 rings (SSSR count). The van der Waals surface area contributed by atoms with Crippen LogP contribution in [0.2, 0.25) is 0 Å². The summed E-state index contributed by atoms with van der Waals surface area (Å²) in [6, 6.07) is 0. The van der Waals surface area contributed by atoms with Gasteiger partial charge in [0.25, 0.3) is 0 Å². The summed E-state index contributed by atoms with van der Waals surface area (Å²) in [4.78, 5) is 12.6. The standard InChI is InChI=1S/C53H86O7/c1-8-10-11-12-13-14-15-16-17-18-19-20-21-22-23-24-47(54)58-36-46-48(55)49(56)50(57)51(60-46)59-41-31-33-52(6)40(35-41)27-28-42-44-30-29-43(53(44,7)34-32-45(42)52)38(5)25-26-39(9-2)37(3)4/h10-11,13-14,16-17,25-27,37-39,41-46,48-51,55-57H,8-9,12,15,18-24,28-36H2,1-7H3/b11-10-,14-13-,17-16-,26-25+. The van der Waals surface area contributed by atoms with Crippen molar-refractivity contribution >= 4 is 5.97 Å². The third-order valence-electron chi connectivity index (χ3n) is 16.2. The Kier molecular flexibility index (Phi) is 19.3. The summed E-state index contributed by atoms with van der Waals surface area (Å²) in [5.74, 6) is 4.57. The molecule has 0 spiro atoms. The quantitative estimate of drug-likeness (QED) is 0.0567. The number of aliphatic hydroxyl groups excluding tert-OH is 3. The summed E-state index contributed by atoms with van der Waals surface area (Å²) in [6.45, 7) is 16.6. The minimum Gasteiger partial charge on any atom is -0.463 e. The molecule has 0 aromatic carbocycles. The Morgan fingerprint density at radius 2 is 1.55 bits per heavy atom. The summed E-state index contributed by atoms with van der Waals surface area (Å²) in [6.07, 6.45) is 34.3. The van der Waals surface area contributed by atoms with E-state index in [0.717, 1.165) is 101 Å². The van der Waals surface area contributed by atoms with Crippen molar-refractivity contribution in [3.05, 3.63) is 60.3 Å². The highest BCUT2D eigenvalue weighted by Gasteiger charge is 2.59. The van der Waals surface area contributed by atoms with Crippen molar-refractivity contribution in [3.63, 3.8) is 0 Å². The number of fused-ring (bicyclic) bond motifs is 5. The summed E-state index contributed by atoms with van der Waals surface area (Å²) in [5.41, 5.74) is 2.04. The van der Waals surface area contributed by atoms with E-state index in [1.807, 2.05) is 0 Å². The molecule has 14 unspecified atom stereocenters. The molecular formula is C53H86O7. The molecule has 7 heteroatoms. The molecule has 4 fully saturated rings. The highest BCUT2D eigenvalue weighted by molar-refractivity contribution is 5.69. The first-order valence-electron chi connectivity index (χ1n) is 24.7. The monoisotopic (exact) mass is 835 g/mol. The number of rotatable bonds is 22. The summed E-state index contributed by atoms with van der Waals surface area (Å²) in [5, 5.41) is 32.5. The molecular weight excluding hydrogens is 749 g/mol. The number of allylic oxidation sites excluding steroid dienone is 9. The number of ether oxygens (including phenoxy) is 3. The molecule has 60 heavy (non-hydrogen) atoms. The Morgan fingerprint density at radius 3 is 2.28 bits per heavy atom. The maximum Gasteiger partial charge on any atom is 0.305 e. The normalized spacial score (nSPS) is 36.8. The average Bonchev–Trinajstić information content (AvgIpc) is 3.59. The van der Waals surface area contributed by atoms with E-state index in [4.69, 9.17) is 14.2 Å². The van der Waals surface area contributed by atoms with Gasteiger partial charge in [0, 0.05) is 6.42 Å². The number of esters is 1. The topological polar surface area (TPSA) is 105 Å². The van der Waals surface area contributed by atoms with Crippen LogP contribution in [0.4, 0.5) is 0 Å². The third-order valence-corrected chi connectivity index (χ3v) is 16.2. The van der Waals surface area contributed by atoms with Gasteiger partial charge in [-0.3, -0.25) is 4.79 Å². The molecule has 0 radical (unpaired) electrons. The number of carbonyl (C=O) groups is 1. The Labute approximate surface area is 365 Å². The van der Waals surface area contributed by atoms with E-state index in [2.05, 4.69) is 103 Å². The smallest absolute Gasteiger partial charge is 0.305 e. The van der Waals surface area contributed by atoms with Crippen molar-refractivity contribution in [2.45, 2.75) is 207 Å². The number of hydrogen-bond donors (Lipinski definition) is 3. The fourth-order valence-corrected chi connectivity index (χ4v) is 12.4. The minimum atomic E-state index is -1.46. The van der Waals surface area contributed by atoms with Crippen LogP contribution in [-0.4, -0.2) is 64.7 Å². The second kappa shape index (κ2) is 23.6. The SMILES string of the molecule is CC/C=C\C/C=C\C/C=C\CCCCCCCC(=O)OCC1OC(OC2CCC3(C)C(=CCC4C3CCC3(C)C(C(C)/C=C/C(CC)C(C)C)CCC43)C2)C(O)C(O)C1O. The van der Waals surface area contributed by atoms with Crippen molar-refractivity contribution in [3.8, 4) is 0 Å². The van der Waals surface area contributed by atoms with Gasteiger partial charge >= 0.3 is 5.97 Å². The molecule has 1 heterocycles. The second-order valence-corrected chi connectivity index (χ2v) is 20.3. The van der Waals surface area contributed by atoms with E-state index in [9.17, 15) is 20.1 Å². The maximum atomic E-state index is 12.6. The van der Waals surface area contributed by atoms with Crippen LogP contribution in [0.15, 0.2) is 60.3 Å². The summed E-state index contributed by atoms with van der Waals surface area (Å²) >= 11 is 0. The van der Waals surface area contributed by atoms with Gasteiger partial charge in [-0.25, -0.2) is 0 Å². The molecule has 1 saturated heterocycles. The Balaban J connectivity index is 1.04. The van der Waals surface area contributed by atoms with Gasteiger partial charge in [0.1, 0.15) is 31.0 Å². The summed E-state index contributed by atoms with van der Waals surface area (Å²) < 4.78 is 18.0. The molecule has 0 bridgehead atoms. The van der Waals surface area contributed by atoms with Gasteiger partial charge in [0.15, 0.2) is 6.29 Å². The number of hydrogen-bond acceptors (Lipinski definition) is 7. The van der Waals surface area contributed by atoms with Crippen molar-refractivity contribution in [1.29, 1.82) is 0 Å². The van der Waals surface area contributed by atoms with Crippen LogP contribution in [0.5, 0.6) is 0 Å². The van der Waals surface area contributed by atoms with Gasteiger partial charge in [-0.05, 0) is 149 Å². The van der Waals surface area contributed by atoms with Crippen LogP contribution >= 0.6 is 0 Å². The van der Waals surface area contributed by atoms with E-state index in [1.54, 1.807) is 0 Å². The van der Waals surface area contributed by atoms with Gasteiger partial charge in [-0.1, -0.05) is 128 Å². The van der Waals surface area contributed by atoms with Crippen LogP contribution in [0.3, 0.4) is 0 Å². The molecule has 1 aliphatic heterocycles. The largest absolute Gasteiger partial charge is 0.463 e. The fourth-order valence-electron chi connectivity index (χ4n) is 12.4. The molecule has 0 aromatic rings. The Bertz CT molecular complexity index is 1460. The highest BCUT2D eigenvalue weighted by Crippen LogP contribution is 2.67. The van der Waals surface area contributed by atoms with Crippen LogP contribution in [0.1, 0.15) is 170 Å². The first-order chi connectivity index (χ1) is 28.8. The van der Waals surface area contributed by atoms with Gasteiger partial charge in [0.2, 0.25) is 0 Å². The van der Waals surface area contributed by atoms with Crippen LogP contribution < -0.4 is 0 Å². The van der Waals surface area contributed by atoms with Gasteiger partial charge in [-0.15, -0.1) is 0 Å². The molecule has 5 aliphatic rings. The van der Waals surface area contributed by atoms with Crippen molar-refractivity contribution < 1.29 is 34.3 Å². The lowest BCUT2D eigenvalue weighted by Gasteiger charge is -2.58. The Hall–Kier alpha value is -2.03. The summed E-state index contributed by atoms with van der Waals surface area (Å²) in [7, 11) is 0. The van der Waals surface area contributed by atoms with E-state index in [-0.39, 0.29) is 24.1 Å². The maximum absolute atomic E-state index is 12.6. The molecule has 0 amide bonds. The first-order valence-corrected chi connectivity index (χ1v) is 24.7. The lowest BCUT2D eigenvalue weighted by Crippen LogP contribution is -2.60. The lowest BCUT2D eigenvalue weighted by atomic mass is 9.47. The van der Waals surface area contributed by atoms with Crippen LogP contribution in [0.25, 0.3) is 0 Å². The number of carbonyl (C=O) groups excluding carboxylic acids is 1. The highest BCUT2D eigenvalue weighted by atomic mass is 16.7. The van der Waals surface area contributed by atoms with Crippen molar-refractivity contribution in [2.24, 2.45) is 52.3 Å². The van der Waals surface area contributed by atoms with E-state index >= 15 is 0 Å². The Morgan fingerprint density at radius 1 is 0.833 bits per heavy atom. The van der Waals surface area contributed by atoms with Crippen LogP contribution in [0, 0.1) is 52.3 Å². The predicted octanol–water partition coefficient (Wildman–Crippen LogP) is 11.8. The molecule has 3 N–H and O–H groups in total. The van der Waals surface area contributed by atoms with Crippen LogP contribution in [-0.2, 0) is 19.0 Å². The van der Waals surface area contributed by atoms with Gasteiger partial charge in [-0.2, -0.15) is 0 Å². The average molecular weight is 835 g/mol. The van der Waals surface area contributed by atoms with Gasteiger partial charge in [0.05, 0.1) is 6.10 Å². The molecule has 0 aromatic heterocycles. The zero-order chi connectivity index (χ0) is 43.3. The molecule has 7 nitrogen and oxygen atoms in total. The van der Waals surface area contributed by atoms with E-state index < -0.39 is 30.7 Å². The van der Waals surface area contributed by atoms with Crippen molar-refractivity contribution in [1.82, 2.24) is 0 Å². The fraction of sp³-hybridized carbons (Fsp3) is 0.792. The van der Waals surface area contributed by atoms with E-state index in [1.165, 1.54) is 37.7 Å². The van der Waals surface area contributed by atoms with Gasteiger partial charge < -0.3 is 29.5 Å². The molecule has 14 atom stereocenters. The second-order valence-electron chi connectivity index (χ2n) is 20.3. The zero-order valence-corrected chi connectivity index (χ0v) is 38.8. The molecule has 340 valence electrons. The van der Waals surface area contributed by atoms with E-state index in [0.29, 0.717) is 35.5 Å². The zero-order valence-electron chi connectivity index (χ0n) is 38.8. The molecule has 3 saturated carbocycles.